The van der Waals surface area contributed by atoms with Crippen molar-refractivity contribution in [1.82, 2.24) is 10.6 Å². The average molecular weight is 174 g/mol. The normalized spacial score (nSPS) is 8.45. The molecule has 0 saturated carbocycles. The monoisotopic (exact) mass is 174 g/mol. The maximum atomic E-state index is 10.7. The fraction of sp³-hybridized carbons (Fsp3) is 0.333. The molecule has 0 rings (SSSR count). The summed E-state index contributed by atoms with van der Waals surface area (Å²) < 4.78 is 0. The minimum atomic E-state index is -0.362. The van der Waals surface area contributed by atoms with Crippen molar-refractivity contribution >= 4 is 24.4 Å². The molecule has 0 aromatic carbocycles. The first-order valence-electron chi connectivity index (χ1n) is 2.98. The van der Waals surface area contributed by atoms with Gasteiger partial charge in [-0.15, -0.1) is 0 Å². The van der Waals surface area contributed by atoms with E-state index >= 15 is 0 Å². The van der Waals surface area contributed by atoms with Gasteiger partial charge in [0, 0.05) is 0 Å². The van der Waals surface area contributed by atoms with Crippen LogP contribution in [0.2, 0.25) is 0 Å². The lowest BCUT2D eigenvalue weighted by atomic mass is 10.5. The highest BCUT2D eigenvalue weighted by atomic mass is 32.1. The van der Waals surface area contributed by atoms with Crippen LogP contribution in [-0.2, 0) is 9.59 Å². The second kappa shape index (κ2) is 5.79. The SMILES string of the molecule is C=CC(=O)NCC(=O)NCS. The summed E-state index contributed by atoms with van der Waals surface area (Å²) in [5, 5.41) is 4.72. The van der Waals surface area contributed by atoms with Gasteiger partial charge in [-0.3, -0.25) is 9.59 Å². The van der Waals surface area contributed by atoms with E-state index < -0.39 is 0 Å². The van der Waals surface area contributed by atoms with Crippen LogP contribution in [0.3, 0.4) is 0 Å². The van der Waals surface area contributed by atoms with Crippen molar-refractivity contribution in [2.75, 3.05) is 12.4 Å². The van der Waals surface area contributed by atoms with Crippen LogP contribution in [0.25, 0.3) is 0 Å². The van der Waals surface area contributed by atoms with Crippen molar-refractivity contribution in [3.63, 3.8) is 0 Å². The van der Waals surface area contributed by atoms with Gasteiger partial charge >= 0.3 is 0 Å². The molecule has 62 valence electrons. The fourth-order valence-corrected chi connectivity index (χ4v) is 0.567. The zero-order valence-electron chi connectivity index (χ0n) is 5.96. The summed E-state index contributed by atoms with van der Waals surface area (Å²) >= 11 is 3.76. The van der Waals surface area contributed by atoms with Gasteiger partial charge < -0.3 is 10.6 Å². The van der Waals surface area contributed by atoms with Gasteiger partial charge in [0.2, 0.25) is 11.8 Å². The molecule has 2 amide bonds. The molecule has 0 heterocycles. The molecule has 0 aliphatic heterocycles. The molecule has 0 aliphatic carbocycles. The Hall–Kier alpha value is -0.970. The molecule has 0 unspecified atom stereocenters. The van der Waals surface area contributed by atoms with Gasteiger partial charge in [0.05, 0.1) is 12.4 Å². The molecule has 5 heteroatoms. The van der Waals surface area contributed by atoms with E-state index in [1.165, 1.54) is 0 Å². The molecule has 0 spiro atoms. The Morgan fingerprint density at radius 2 is 2.09 bits per heavy atom. The van der Waals surface area contributed by atoms with E-state index in [4.69, 9.17) is 0 Å². The number of thiol groups is 1. The van der Waals surface area contributed by atoms with Gasteiger partial charge in [-0.1, -0.05) is 6.58 Å². The molecule has 0 saturated heterocycles. The van der Waals surface area contributed by atoms with Gasteiger partial charge in [0.15, 0.2) is 0 Å². The Balaban J connectivity index is 3.45. The van der Waals surface area contributed by atoms with Gasteiger partial charge in [-0.2, -0.15) is 12.6 Å². The Bertz CT molecular complexity index is 170. The molecule has 0 aromatic rings. The van der Waals surface area contributed by atoms with E-state index in [2.05, 4.69) is 29.8 Å². The molecule has 0 radical (unpaired) electrons. The van der Waals surface area contributed by atoms with Crippen LogP contribution < -0.4 is 10.6 Å². The van der Waals surface area contributed by atoms with Crippen molar-refractivity contribution in [2.24, 2.45) is 0 Å². The first-order chi connectivity index (χ1) is 5.20. The van der Waals surface area contributed by atoms with Gasteiger partial charge in [-0.05, 0) is 6.08 Å². The minimum absolute atomic E-state index is 0.0363. The van der Waals surface area contributed by atoms with Crippen molar-refractivity contribution in [1.29, 1.82) is 0 Å². The molecule has 0 aliphatic rings. The summed E-state index contributed by atoms with van der Waals surface area (Å²) in [6.07, 6.45) is 1.11. The lowest BCUT2D eigenvalue weighted by Gasteiger charge is -2.00. The number of carbonyl (C=O) groups is 2. The van der Waals surface area contributed by atoms with Crippen LogP contribution in [0.1, 0.15) is 0 Å². The molecular formula is C6H10N2O2S. The summed E-state index contributed by atoms with van der Waals surface area (Å²) in [5.74, 6) is -0.363. The highest BCUT2D eigenvalue weighted by Gasteiger charge is 1.99. The zero-order chi connectivity index (χ0) is 8.69. The predicted octanol–water partition coefficient (Wildman–Crippen LogP) is -0.708. The van der Waals surface area contributed by atoms with E-state index in [1.54, 1.807) is 0 Å². The Labute approximate surface area is 70.5 Å². The molecule has 11 heavy (non-hydrogen) atoms. The summed E-state index contributed by atoms with van der Waals surface area (Å²) in [6.45, 7) is 3.19. The van der Waals surface area contributed by atoms with Gasteiger partial charge in [0.1, 0.15) is 0 Å². The van der Waals surface area contributed by atoms with Crippen LogP contribution >= 0.6 is 12.6 Å². The standard InChI is InChI=1S/C6H10N2O2S/c1-2-5(9)7-3-6(10)8-4-11/h2,11H,1,3-4H2,(H,7,9)(H,8,10). The Kier molecular flexibility index (Phi) is 5.28. The quantitative estimate of drug-likeness (QED) is 0.299. The second-order valence-corrected chi connectivity index (χ2v) is 2.00. The maximum absolute atomic E-state index is 10.7. The van der Waals surface area contributed by atoms with Gasteiger partial charge in [-0.25, -0.2) is 0 Å². The number of amides is 2. The Morgan fingerprint density at radius 1 is 1.45 bits per heavy atom. The highest BCUT2D eigenvalue weighted by molar-refractivity contribution is 7.80. The van der Waals surface area contributed by atoms with Crippen molar-refractivity contribution < 1.29 is 9.59 Å². The van der Waals surface area contributed by atoms with Crippen molar-refractivity contribution in [3.05, 3.63) is 12.7 Å². The van der Waals surface area contributed by atoms with Crippen LogP contribution in [0.5, 0.6) is 0 Å². The van der Waals surface area contributed by atoms with Crippen LogP contribution in [0, 0.1) is 0 Å². The van der Waals surface area contributed by atoms with Crippen LogP contribution in [-0.4, -0.2) is 24.2 Å². The largest absolute Gasteiger partial charge is 0.346 e. The third-order valence-corrected chi connectivity index (χ3v) is 1.04. The maximum Gasteiger partial charge on any atom is 0.243 e. The number of nitrogens with one attached hydrogen (secondary N) is 2. The molecule has 2 N–H and O–H groups in total. The minimum Gasteiger partial charge on any atom is -0.346 e. The predicted molar refractivity (Wildman–Crippen MR) is 45.2 cm³/mol. The first-order valence-corrected chi connectivity index (χ1v) is 3.61. The van der Waals surface area contributed by atoms with E-state index in [-0.39, 0.29) is 24.2 Å². The van der Waals surface area contributed by atoms with Gasteiger partial charge in [0.25, 0.3) is 0 Å². The van der Waals surface area contributed by atoms with Crippen LogP contribution in [0.15, 0.2) is 12.7 Å². The van der Waals surface area contributed by atoms with E-state index in [0.29, 0.717) is 0 Å². The Morgan fingerprint density at radius 3 is 2.55 bits per heavy atom. The molecule has 0 aromatic heterocycles. The topological polar surface area (TPSA) is 58.2 Å². The number of carbonyl (C=O) groups excluding carboxylic acids is 2. The molecule has 4 nitrogen and oxygen atoms in total. The fourth-order valence-electron chi connectivity index (χ4n) is 0.390. The first kappa shape index (κ1) is 10.0. The molecule has 0 fully saturated rings. The number of hydrogen-bond donors (Lipinski definition) is 3. The lowest BCUT2D eigenvalue weighted by Crippen LogP contribution is -2.35. The summed E-state index contributed by atoms with van der Waals surface area (Å²) in [7, 11) is 0. The third-order valence-electron chi connectivity index (χ3n) is 0.885. The van der Waals surface area contributed by atoms with Crippen molar-refractivity contribution in [2.45, 2.75) is 0 Å². The molecule has 0 atom stereocenters. The summed E-state index contributed by atoms with van der Waals surface area (Å²) in [4.78, 5) is 21.1. The van der Waals surface area contributed by atoms with E-state index in [0.717, 1.165) is 6.08 Å². The third kappa shape index (κ3) is 5.47. The van der Waals surface area contributed by atoms with E-state index in [1.807, 2.05) is 0 Å². The number of rotatable bonds is 4. The second-order valence-electron chi connectivity index (χ2n) is 1.68. The highest BCUT2D eigenvalue weighted by Crippen LogP contribution is 1.69. The number of hydrogen-bond acceptors (Lipinski definition) is 3. The van der Waals surface area contributed by atoms with Crippen LogP contribution in [0.4, 0.5) is 0 Å². The molecule has 0 bridgehead atoms. The smallest absolute Gasteiger partial charge is 0.243 e. The van der Waals surface area contributed by atoms with E-state index in [9.17, 15) is 9.59 Å². The molecular weight excluding hydrogens is 164 g/mol. The average Bonchev–Trinajstić information content (AvgIpc) is 2.01. The zero-order valence-corrected chi connectivity index (χ0v) is 6.86. The van der Waals surface area contributed by atoms with Crippen molar-refractivity contribution in [3.8, 4) is 0 Å². The summed E-state index contributed by atoms with van der Waals surface area (Å²) in [6, 6.07) is 0. The lowest BCUT2D eigenvalue weighted by molar-refractivity contribution is -0.123. The summed E-state index contributed by atoms with van der Waals surface area (Å²) in [5.41, 5.74) is 0.